The molecule has 5 heteroatoms. The maximum atomic E-state index is 10.7. The first-order chi connectivity index (χ1) is 5.49. The van der Waals surface area contributed by atoms with Gasteiger partial charge in [0.25, 0.3) is 0 Å². The molecular weight excluding hydrogens is 160 g/mol. The normalized spacial score (nSPS) is 12.3. The molecule has 0 saturated heterocycles. The van der Waals surface area contributed by atoms with Gasteiger partial charge in [0.05, 0.1) is 0 Å². The Balaban J connectivity index is 4.14. The Hall–Kier alpha value is -1.26. The fourth-order valence-corrected chi connectivity index (χ4v) is 0.727. The third-order valence-electron chi connectivity index (χ3n) is 1.45. The lowest BCUT2D eigenvalue weighted by molar-refractivity contribution is -0.140. The fraction of sp³-hybridized carbons (Fsp3) is 0.714. The summed E-state index contributed by atoms with van der Waals surface area (Å²) < 4.78 is 0. The van der Waals surface area contributed by atoms with Crippen LogP contribution in [-0.2, 0) is 4.79 Å². The van der Waals surface area contributed by atoms with Crippen LogP contribution in [0.25, 0.3) is 0 Å². The van der Waals surface area contributed by atoms with Crippen LogP contribution < -0.4 is 10.6 Å². The van der Waals surface area contributed by atoms with E-state index in [1.165, 1.54) is 7.05 Å². The monoisotopic (exact) mass is 174 g/mol. The minimum Gasteiger partial charge on any atom is -0.480 e. The Morgan fingerprint density at radius 3 is 2.08 bits per heavy atom. The molecule has 3 N–H and O–H groups in total. The zero-order valence-corrected chi connectivity index (χ0v) is 7.42. The molecule has 5 nitrogen and oxygen atoms in total. The van der Waals surface area contributed by atoms with Crippen LogP contribution in [0.2, 0.25) is 0 Å². The van der Waals surface area contributed by atoms with Crippen molar-refractivity contribution in [2.24, 2.45) is 5.92 Å². The summed E-state index contributed by atoms with van der Waals surface area (Å²) in [6, 6.07) is -1.30. The molecule has 0 aromatic heterocycles. The first-order valence-corrected chi connectivity index (χ1v) is 3.70. The molecule has 0 aliphatic rings. The lowest BCUT2D eigenvalue weighted by Crippen LogP contribution is -2.47. The molecule has 0 rings (SSSR count). The van der Waals surface area contributed by atoms with Crippen LogP contribution in [-0.4, -0.2) is 30.2 Å². The molecule has 70 valence electrons. The van der Waals surface area contributed by atoms with Gasteiger partial charge in [-0.1, -0.05) is 13.8 Å². The number of amides is 2. The van der Waals surface area contributed by atoms with Crippen LogP contribution in [0.1, 0.15) is 13.8 Å². The Morgan fingerprint density at radius 1 is 1.33 bits per heavy atom. The summed E-state index contributed by atoms with van der Waals surface area (Å²) in [7, 11) is 1.44. The predicted octanol–water partition coefficient (Wildman–Crippen LogP) is 0.0246. The van der Waals surface area contributed by atoms with E-state index in [0.29, 0.717) is 0 Å². The van der Waals surface area contributed by atoms with E-state index in [0.717, 1.165) is 0 Å². The van der Waals surface area contributed by atoms with Crippen LogP contribution in [0.4, 0.5) is 4.79 Å². The number of carboxylic acid groups (broad SMARTS) is 1. The molecule has 0 radical (unpaired) electrons. The highest BCUT2D eigenvalue weighted by atomic mass is 16.4. The number of aliphatic carboxylic acids is 1. The molecule has 0 unspecified atom stereocenters. The molecule has 0 heterocycles. The number of nitrogens with one attached hydrogen (secondary N) is 2. The van der Waals surface area contributed by atoms with E-state index in [4.69, 9.17) is 5.11 Å². The highest BCUT2D eigenvalue weighted by molar-refractivity contribution is 5.82. The zero-order chi connectivity index (χ0) is 9.72. The number of carboxylic acids is 1. The molecule has 0 spiro atoms. The first kappa shape index (κ1) is 10.7. The van der Waals surface area contributed by atoms with Gasteiger partial charge in [0.1, 0.15) is 6.04 Å². The van der Waals surface area contributed by atoms with Crippen molar-refractivity contribution in [2.45, 2.75) is 19.9 Å². The number of carbonyl (C=O) groups is 2. The summed E-state index contributed by atoms with van der Waals surface area (Å²) in [6.45, 7) is 3.46. The first-order valence-electron chi connectivity index (χ1n) is 3.70. The summed E-state index contributed by atoms with van der Waals surface area (Å²) >= 11 is 0. The second-order valence-corrected chi connectivity index (χ2v) is 2.78. The second-order valence-electron chi connectivity index (χ2n) is 2.78. The SMILES string of the molecule is CNC(=O)N[C@@H](C(=O)O)C(C)C. The predicted molar refractivity (Wildman–Crippen MR) is 43.9 cm³/mol. The van der Waals surface area contributed by atoms with E-state index in [1.807, 2.05) is 0 Å². The van der Waals surface area contributed by atoms with Gasteiger partial charge in [0, 0.05) is 7.05 Å². The van der Waals surface area contributed by atoms with Crippen molar-refractivity contribution in [1.29, 1.82) is 0 Å². The van der Waals surface area contributed by atoms with Crippen LogP contribution in [0, 0.1) is 5.92 Å². The maximum Gasteiger partial charge on any atom is 0.326 e. The summed E-state index contributed by atoms with van der Waals surface area (Å²) in [6.07, 6.45) is 0. The Kier molecular flexibility index (Phi) is 4.10. The minimum absolute atomic E-state index is 0.125. The van der Waals surface area contributed by atoms with Crippen molar-refractivity contribution in [2.75, 3.05) is 7.05 Å². The molecule has 0 aromatic carbocycles. The average Bonchev–Trinajstić information content (AvgIpc) is 1.98. The van der Waals surface area contributed by atoms with Gasteiger partial charge < -0.3 is 15.7 Å². The Bertz CT molecular complexity index is 179. The molecule has 1 atom stereocenters. The Labute approximate surface area is 71.1 Å². The van der Waals surface area contributed by atoms with E-state index in [2.05, 4.69) is 10.6 Å². The van der Waals surface area contributed by atoms with Gasteiger partial charge >= 0.3 is 12.0 Å². The summed E-state index contributed by atoms with van der Waals surface area (Å²) in [5.74, 6) is -1.14. The smallest absolute Gasteiger partial charge is 0.326 e. The van der Waals surface area contributed by atoms with E-state index in [1.54, 1.807) is 13.8 Å². The van der Waals surface area contributed by atoms with E-state index < -0.39 is 18.0 Å². The molecule has 0 aliphatic heterocycles. The molecular formula is C7H14N2O3. The number of hydrogen-bond donors (Lipinski definition) is 3. The van der Waals surface area contributed by atoms with Gasteiger partial charge in [-0.25, -0.2) is 9.59 Å². The number of rotatable bonds is 3. The standard InChI is InChI=1S/C7H14N2O3/c1-4(2)5(6(10)11)9-7(12)8-3/h4-5H,1-3H3,(H,10,11)(H2,8,9,12)/t5-/m1/s1. The topological polar surface area (TPSA) is 78.4 Å². The Morgan fingerprint density at radius 2 is 1.83 bits per heavy atom. The van der Waals surface area contributed by atoms with Crippen molar-refractivity contribution in [1.82, 2.24) is 10.6 Å². The maximum absolute atomic E-state index is 10.7. The largest absolute Gasteiger partial charge is 0.480 e. The van der Waals surface area contributed by atoms with E-state index >= 15 is 0 Å². The number of carbonyl (C=O) groups excluding carboxylic acids is 1. The van der Waals surface area contributed by atoms with Gasteiger partial charge in [-0.05, 0) is 5.92 Å². The van der Waals surface area contributed by atoms with Gasteiger partial charge in [-0.2, -0.15) is 0 Å². The quantitative estimate of drug-likeness (QED) is 0.564. The van der Waals surface area contributed by atoms with E-state index in [-0.39, 0.29) is 5.92 Å². The van der Waals surface area contributed by atoms with Crippen molar-refractivity contribution < 1.29 is 14.7 Å². The summed E-state index contributed by atoms with van der Waals surface area (Å²) in [5.41, 5.74) is 0. The number of urea groups is 1. The van der Waals surface area contributed by atoms with Crippen LogP contribution in [0.15, 0.2) is 0 Å². The van der Waals surface area contributed by atoms with Crippen molar-refractivity contribution in [3.8, 4) is 0 Å². The molecule has 0 fully saturated rings. The molecule has 0 aliphatic carbocycles. The van der Waals surface area contributed by atoms with E-state index in [9.17, 15) is 9.59 Å². The average molecular weight is 174 g/mol. The molecule has 2 amide bonds. The lowest BCUT2D eigenvalue weighted by atomic mass is 10.1. The third-order valence-corrected chi connectivity index (χ3v) is 1.45. The molecule has 0 aromatic rings. The van der Waals surface area contributed by atoms with Crippen LogP contribution >= 0.6 is 0 Å². The van der Waals surface area contributed by atoms with Crippen LogP contribution in [0.3, 0.4) is 0 Å². The van der Waals surface area contributed by atoms with Gasteiger partial charge in [0.2, 0.25) is 0 Å². The van der Waals surface area contributed by atoms with Crippen molar-refractivity contribution >= 4 is 12.0 Å². The van der Waals surface area contributed by atoms with Crippen molar-refractivity contribution in [3.05, 3.63) is 0 Å². The second kappa shape index (κ2) is 4.58. The zero-order valence-electron chi connectivity index (χ0n) is 7.42. The van der Waals surface area contributed by atoms with Crippen LogP contribution in [0.5, 0.6) is 0 Å². The summed E-state index contributed by atoms with van der Waals surface area (Å²) in [5, 5.41) is 13.3. The van der Waals surface area contributed by atoms with Crippen molar-refractivity contribution in [3.63, 3.8) is 0 Å². The highest BCUT2D eigenvalue weighted by Gasteiger charge is 2.22. The summed E-state index contributed by atoms with van der Waals surface area (Å²) in [4.78, 5) is 21.3. The van der Waals surface area contributed by atoms with Gasteiger partial charge in [-0.15, -0.1) is 0 Å². The number of hydrogen-bond acceptors (Lipinski definition) is 2. The highest BCUT2D eigenvalue weighted by Crippen LogP contribution is 2.00. The molecule has 0 bridgehead atoms. The minimum atomic E-state index is -1.02. The lowest BCUT2D eigenvalue weighted by Gasteiger charge is -2.17. The molecule has 0 saturated carbocycles. The van der Waals surface area contributed by atoms with Gasteiger partial charge in [-0.3, -0.25) is 0 Å². The molecule has 12 heavy (non-hydrogen) atoms. The fourth-order valence-electron chi connectivity index (χ4n) is 0.727. The third kappa shape index (κ3) is 3.23. The van der Waals surface area contributed by atoms with Gasteiger partial charge in [0.15, 0.2) is 0 Å².